The molecule has 0 spiro atoms. The van der Waals surface area contributed by atoms with Crippen molar-refractivity contribution in [3.8, 4) is 0 Å². The first-order chi connectivity index (χ1) is 8.43. The van der Waals surface area contributed by atoms with Crippen LogP contribution in [0.3, 0.4) is 0 Å². The molecule has 1 aromatic carbocycles. The van der Waals surface area contributed by atoms with Gasteiger partial charge in [0.25, 0.3) is 0 Å². The van der Waals surface area contributed by atoms with Crippen LogP contribution >= 0.6 is 15.9 Å². The third-order valence-electron chi connectivity index (χ3n) is 2.20. The minimum atomic E-state index is -1.32. The maximum atomic E-state index is 11.5. The maximum absolute atomic E-state index is 11.5. The number of aliphatic carboxylic acids is 1. The van der Waals surface area contributed by atoms with Gasteiger partial charge in [-0.2, -0.15) is 0 Å². The number of carbonyl (C=O) groups excluding carboxylic acids is 1. The SMILES string of the molecule is Cc1cc(NC(=O)N[C@@H](CO)C(=O)O)ccc1Br. The Balaban J connectivity index is 2.64. The molecule has 1 aromatic rings. The van der Waals surface area contributed by atoms with Gasteiger partial charge in [-0.05, 0) is 30.7 Å². The van der Waals surface area contributed by atoms with E-state index in [4.69, 9.17) is 10.2 Å². The van der Waals surface area contributed by atoms with Gasteiger partial charge in [0, 0.05) is 10.2 Å². The molecular weight excluding hydrogens is 304 g/mol. The Bertz CT molecular complexity index is 464. The second kappa shape index (κ2) is 6.36. The van der Waals surface area contributed by atoms with Gasteiger partial charge in [0.15, 0.2) is 6.04 Å². The molecule has 2 amide bonds. The largest absolute Gasteiger partial charge is 0.480 e. The Hall–Kier alpha value is -1.60. The van der Waals surface area contributed by atoms with E-state index in [2.05, 4.69) is 26.6 Å². The molecule has 0 aromatic heterocycles. The lowest BCUT2D eigenvalue weighted by Gasteiger charge is -2.13. The van der Waals surface area contributed by atoms with Crippen LogP contribution in [0, 0.1) is 6.92 Å². The molecule has 7 heteroatoms. The van der Waals surface area contributed by atoms with Gasteiger partial charge in [-0.25, -0.2) is 9.59 Å². The van der Waals surface area contributed by atoms with Crippen molar-refractivity contribution in [1.82, 2.24) is 5.32 Å². The number of nitrogens with one attached hydrogen (secondary N) is 2. The zero-order valence-corrected chi connectivity index (χ0v) is 11.2. The second-order valence-electron chi connectivity index (χ2n) is 3.64. The quantitative estimate of drug-likeness (QED) is 0.673. The molecule has 6 nitrogen and oxygen atoms in total. The molecule has 0 aliphatic heterocycles. The van der Waals surface area contributed by atoms with Crippen LogP contribution in [0.15, 0.2) is 22.7 Å². The maximum Gasteiger partial charge on any atom is 0.328 e. The van der Waals surface area contributed by atoms with Crippen molar-refractivity contribution in [1.29, 1.82) is 0 Å². The molecule has 98 valence electrons. The van der Waals surface area contributed by atoms with E-state index in [0.717, 1.165) is 10.0 Å². The van der Waals surface area contributed by atoms with Crippen molar-refractivity contribution in [3.63, 3.8) is 0 Å². The lowest BCUT2D eigenvalue weighted by Crippen LogP contribution is -2.45. The molecule has 4 N–H and O–H groups in total. The molecule has 0 aliphatic carbocycles. The van der Waals surface area contributed by atoms with Crippen molar-refractivity contribution in [3.05, 3.63) is 28.2 Å². The predicted octanol–water partition coefficient (Wildman–Crippen LogP) is 1.32. The molecule has 0 radical (unpaired) electrons. The number of amides is 2. The van der Waals surface area contributed by atoms with E-state index in [1.165, 1.54) is 0 Å². The van der Waals surface area contributed by atoms with Crippen LogP contribution in [0.4, 0.5) is 10.5 Å². The number of carboxylic acids is 1. The van der Waals surface area contributed by atoms with Crippen molar-refractivity contribution in [2.45, 2.75) is 13.0 Å². The van der Waals surface area contributed by atoms with Crippen LogP contribution in [0.25, 0.3) is 0 Å². The monoisotopic (exact) mass is 316 g/mol. The number of anilines is 1. The van der Waals surface area contributed by atoms with E-state index in [1.807, 2.05) is 6.92 Å². The summed E-state index contributed by atoms with van der Waals surface area (Å²) in [5.41, 5.74) is 1.47. The summed E-state index contributed by atoms with van der Waals surface area (Å²) in [6.07, 6.45) is 0. The van der Waals surface area contributed by atoms with Crippen LogP contribution in [-0.2, 0) is 4.79 Å². The predicted molar refractivity (Wildman–Crippen MR) is 69.5 cm³/mol. The molecular formula is C11H13BrN2O4. The van der Waals surface area contributed by atoms with Gasteiger partial charge in [0.1, 0.15) is 0 Å². The van der Waals surface area contributed by atoms with Crippen molar-refractivity contribution < 1.29 is 19.8 Å². The fraction of sp³-hybridized carbons (Fsp3) is 0.273. The van der Waals surface area contributed by atoms with E-state index < -0.39 is 24.6 Å². The van der Waals surface area contributed by atoms with Gasteiger partial charge in [0.05, 0.1) is 6.61 Å². The first-order valence-electron chi connectivity index (χ1n) is 5.11. The molecule has 0 aliphatic rings. The third-order valence-corrected chi connectivity index (χ3v) is 3.09. The smallest absolute Gasteiger partial charge is 0.328 e. The van der Waals surface area contributed by atoms with Crippen LogP contribution in [0.1, 0.15) is 5.56 Å². The van der Waals surface area contributed by atoms with Gasteiger partial charge in [-0.3, -0.25) is 0 Å². The summed E-state index contributed by atoms with van der Waals surface area (Å²) >= 11 is 3.33. The van der Waals surface area contributed by atoms with E-state index in [9.17, 15) is 9.59 Å². The molecule has 0 heterocycles. The normalized spacial score (nSPS) is 11.7. The zero-order chi connectivity index (χ0) is 13.7. The Kier molecular flexibility index (Phi) is 5.11. The Morgan fingerprint density at radius 2 is 2.11 bits per heavy atom. The molecule has 0 saturated carbocycles. The minimum absolute atomic E-state index is 0.537. The summed E-state index contributed by atoms with van der Waals surface area (Å²) in [4.78, 5) is 22.1. The number of halogens is 1. The van der Waals surface area contributed by atoms with E-state index in [-0.39, 0.29) is 0 Å². The summed E-state index contributed by atoms with van der Waals surface area (Å²) in [7, 11) is 0. The highest BCUT2D eigenvalue weighted by Crippen LogP contribution is 2.19. The summed E-state index contributed by atoms with van der Waals surface area (Å²) in [5.74, 6) is -1.29. The second-order valence-corrected chi connectivity index (χ2v) is 4.49. The fourth-order valence-corrected chi connectivity index (χ4v) is 1.48. The summed E-state index contributed by atoms with van der Waals surface area (Å²) < 4.78 is 0.909. The standard InChI is InChI=1S/C11H13BrN2O4/c1-6-4-7(2-3-8(6)12)13-11(18)14-9(5-15)10(16)17/h2-4,9,15H,5H2,1H3,(H,16,17)(H2,13,14,18)/t9-/m0/s1. The highest BCUT2D eigenvalue weighted by Gasteiger charge is 2.18. The average Bonchev–Trinajstić information content (AvgIpc) is 2.30. The topological polar surface area (TPSA) is 98.7 Å². The number of hydrogen-bond donors (Lipinski definition) is 4. The van der Waals surface area contributed by atoms with Crippen LogP contribution < -0.4 is 10.6 Å². The fourth-order valence-electron chi connectivity index (χ4n) is 1.23. The number of aliphatic hydroxyl groups is 1. The Morgan fingerprint density at radius 1 is 1.44 bits per heavy atom. The molecule has 1 atom stereocenters. The minimum Gasteiger partial charge on any atom is -0.480 e. The number of hydrogen-bond acceptors (Lipinski definition) is 3. The van der Waals surface area contributed by atoms with Gasteiger partial charge < -0.3 is 20.8 Å². The number of urea groups is 1. The van der Waals surface area contributed by atoms with Gasteiger partial charge in [-0.15, -0.1) is 0 Å². The summed E-state index contributed by atoms with van der Waals surface area (Å²) in [6, 6.07) is 3.18. The Morgan fingerprint density at radius 3 is 2.61 bits per heavy atom. The highest BCUT2D eigenvalue weighted by molar-refractivity contribution is 9.10. The van der Waals surface area contributed by atoms with Crippen LogP contribution in [-0.4, -0.2) is 34.9 Å². The molecule has 18 heavy (non-hydrogen) atoms. The molecule has 0 fully saturated rings. The molecule has 1 rings (SSSR count). The number of aryl methyl sites for hydroxylation is 1. The van der Waals surface area contributed by atoms with E-state index in [1.54, 1.807) is 18.2 Å². The van der Waals surface area contributed by atoms with Crippen molar-refractivity contribution >= 4 is 33.6 Å². The molecule has 0 bridgehead atoms. The number of carbonyl (C=O) groups is 2. The summed E-state index contributed by atoms with van der Waals surface area (Å²) in [5, 5.41) is 22.0. The average molecular weight is 317 g/mol. The van der Waals surface area contributed by atoms with Gasteiger partial charge in [-0.1, -0.05) is 15.9 Å². The summed E-state index contributed by atoms with van der Waals surface area (Å²) in [6.45, 7) is 1.20. The van der Waals surface area contributed by atoms with Gasteiger partial charge >= 0.3 is 12.0 Å². The van der Waals surface area contributed by atoms with E-state index in [0.29, 0.717) is 5.69 Å². The van der Waals surface area contributed by atoms with Crippen LogP contribution in [0.5, 0.6) is 0 Å². The first-order valence-corrected chi connectivity index (χ1v) is 5.90. The molecule has 0 unspecified atom stereocenters. The van der Waals surface area contributed by atoms with Crippen molar-refractivity contribution in [2.75, 3.05) is 11.9 Å². The van der Waals surface area contributed by atoms with Crippen molar-refractivity contribution in [2.24, 2.45) is 0 Å². The first kappa shape index (κ1) is 14.5. The number of rotatable bonds is 4. The lowest BCUT2D eigenvalue weighted by molar-refractivity contribution is -0.140. The highest BCUT2D eigenvalue weighted by atomic mass is 79.9. The Labute approximate surface area is 112 Å². The zero-order valence-electron chi connectivity index (χ0n) is 9.61. The lowest BCUT2D eigenvalue weighted by atomic mass is 10.2. The third kappa shape index (κ3) is 4.01. The van der Waals surface area contributed by atoms with E-state index >= 15 is 0 Å². The number of benzene rings is 1. The van der Waals surface area contributed by atoms with Crippen LogP contribution in [0.2, 0.25) is 0 Å². The number of aliphatic hydroxyl groups excluding tert-OH is 1. The van der Waals surface area contributed by atoms with Gasteiger partial charge in [0.2, 0.25) is 0 Å². The number of carboxylic acid groups (broad SMARTS) is 1. The molecule has 0 saturated heterocycles.